The van der Waals surface area contributed by atoms with E-state index in [4.69, 9.17) is 16.3 Å². The van der Waals surface area contributed by atoms with Crippen LogP contribution in [0.2, 0.25) is 5.02 Å². The third-order valence-corrected chi connectivity index (χ3v) is 5.92. The molecule has 0 spiro atoms. The quantitative estimate of drug-likeness (QED) is 0.420. The minimum Gasteiger partial charge on any atom is -0.484 e. The molecule has 1 aliphatic rings. The van der Waals surface area contributed by atoms with Crippen LogP contribution in [-0.2, 0) is 12.4 Å². The van der Waals surface area contributed by atoms with Crippen molar-refractivity contribution in [3.8, 4) is 5.75 Å². The molecule has 4 rings (SSSR count). The Bertz CT molecular complexity index is 913. The lowest BCUT2D eigenvalue weighted by atomic mass is 10.2. The topological polar surface area (TPSA) is 39.9 Å². The molecular weight excluding hydrogens is 434 g/mol. The molecule has 2 aromatic carbocycles. The summed E-state index contributed by atoms with van der Waals surface area (Å²) in [5, 5.41) is 10.3. The Morgan fingerprint density at radius 1 is 1.15 bits per heavy atom. The number of hydrogen-bond acceptors (Lipinski definition) is 4. The number of thioether (sulfide) groups is 1. The Morgan fingerprint density at radius 3 is 2.77 bits per heavy atom. The van der Waals surface area contributed by atoms with E-state index in [9.17, 15) is 0 Å². The number of halogens is 2. The number of aromatic nitrogens is 3. The normalized spacial score (nSPS) is 13.8. The number of rotatable bonds is 7. The van der Waals surface area contributed by atoms with Crippen LogP contribution in [0.4, 0.5) is 0 Å². The third kappa shape index (κ3) is 4.24. The van der Waals surface area contributed by atoms with E-state index in [1.54, 1.807) is 11.8 Å². The van der Waals surface area contributed by atoms with E-state index in [1.807, 2.05) is 30.3 Å². The van der Waals surface area contributed by atoms with Gasteiger partial charge in [0.15, 0.2) is 11.0 Å². The lowest BCUT2D eigenvalue weighted by Crippen LogP contribution is -2.07. The van der Waals surface area contributed by atoms with Crippen molar-refractivity contribution < 1.29 is 4.74 Å². The lowest BCUT2D eigenvalue weighted by molar-refractivity contribution is 0.288. The minimum atomic E-state index is 0.366. The minimum absolute atomic E-state index is 0.366. The molecule has 0 bridgehead atoms. The van der Waals surface area contributed by atoms with Crippen molar-refractivity contribution in [2.45, 2.75) is 36.4 Å². The highest BCUT2D eigenvalue weighted by Crippen LogP contribution is 2.39. The summed E-state index contributed by atoms with van der Waals surface area (Å²) in [7, 11) is 0. The van der Waals surface area contributed by atoms with Gasteiger partial charge in [-0.1, -0.05) is 63.6 Å². The Balaban J connectivity index is 1.47. The van der Waals surface area contributed by atoms with Crippen LogP contribution in [0.1, 0.15) is 30.3 Å². The first-order chi connectivity index (χ1) is 12.7. The molecular formula is C19H17BrClN3OS. The number of para-hydroxylation sites is 1. The maximum absolute atomic E-state index is 6.16. The molecule has 3 aromatic rings. The maximum atomic E-state index is 6.16. The van der Waals surface area contributed by atoms with Gasteiger partial charge < -0.3 is 4.74 Å². The van der Waals surface area contributed by atoms with Crippen LogP contribution in [0, 0.1) is 0 Å². The molecule has 26 heavy (non-hydrogen) atoms. The van der Waals surface area contributed by atoms with E-state index in [0.29, 0.717) is 23.4 Å². The molecule has 0 atom stereocenters. The molecule has 7 heteroatoms. The molecule has 1 fully saturated rings. The molecule has 134 valence electrons. The number of ether oxygens (including phenoxy) is 1. The van der Waals surface area contributed by atoms with Gasteiger partial charge in [0.25, 0.3) is 0 Å². The van der Waals surface area contributed by atoms with Gasteiger partial charge in [0, 0.05) is 16.3 Å². The highest BCUT2D eigenvalue weighted by atomic mass is 79.9. The van der Waals surface area contributed by atoms with Crippen LogP contribution in [0.15, 0.2) is 58.2 Å². The summed E-state index contributed by atoms with van der Waals surface area (Å²) in [5.74, 6) is 2.38. The van der Waals surface area contributed by atoms with Crippen LogP contribution >= 0.6 is 39.3 Å². The number of benzene rings is 2. The molecule has 4 nitrogen and oxygen atoms in total. The van der Waals surface area contributed by atoms with Gasteiger partial charge in [-0.25, -0.2) is 0 Å². The molecule has 1 aliphatic carbocycles. The molecule has 0 aliphatic heterocycles. The first kappa shape index (κ1) is 17.9. The fourth-order valence-corrected chi connectivity index (χ4v) is 4.29. The zero-order valence-electron chi connectivity index (χ0n) is 13.9. The molecule has 1 saturated carbocycles. The molecule has 0 N–H and O–H groups in total. The summed E-state index contributed by atoms with van der Waals surface area (Å²) in [4.78, 5) is 0. The zero-order valence-corrected chi connectivity index (χ0v) is 17.1. The molecule has 1 aromatic heterocycles. The van der Waals surface area contributed by atoms with E-state index < -0.39 is 0 Å². The van der Waals surface area contributed by atoms with Gasteiger partial charge >= 0.3 is 0 Å². The predicted octanol–water partition coefficient (Wildman–Crippen LogP) is 5.90. The number of nitrogens with zero attached hydrogens (tertiary/aromatic N) is 3. The van der Waals surface area contributed by atoms with Crippen LogP contribution in [0.3, 0.4) is 0 Å². The molecule has 0 amide bonds. The van der Waals surface area contributed by atoms with Crippen molar-refractivity contribution in [3.63, 3.8) is 0 Å². The van der Waals surface area contributed by atoms with Gasteiger partial charge in [0.1, 0.15) is 12.4 Å². The van der Waals surface area contributed by atoms with Gasteiger partial charge in [-0.05, 0) is 42.7 Å². The van der Waals surface area contributed by atoms with Crippen molar-refractivity contribution in [3.05, 3.63) is 69.4 Å². The van der Waals surface area contributed by atoms with Crippen LogP contribution in [0.5, 0.6) is 5.75 Å². The molecule has 0 unspecified atom stereocenters. The van der Waals surface area contributed by atoms with Gasteiger partial charge in [0.2, 0.25) is 0 Å². The van der Waals surface area contributed by atoms with E-state index >= 15 is 0 Å². The predicted molar refractivity (Wildman–Crippen MR) is 108 cm³/mol. The molecule has 0 radical (unpaired) electrons. The summed E-state index contributed by atoms with van der Waals surface area (Å²) in [5.41, 5.74) is 1.25. The Hall–Kier alpha value is -1.50. The fraction of sp³-hybridized carbons (Fsp3) is 0.263. The van der Waals surface area contributed by atoms with E-state index in [-0.39, 0.29) is 0 Å². The summed E-state index contributed by atoms with van der Waals surface area (Å²) < 4.78 is 9.18. The first-order valence-corrected chi connectivity index (χ1v) is 10.5. The second-order valence-corrected chi connectivity index (χ2v) is 8.40. The Labute approximate surface area is 170 Å². The summed E-state index contributed by atoms with van der Waals surface area (Å²) in [6.07, 6.45) is 2.34. The lowest BCUT2D eigenvalue weighted by Gasteiger charge is -2.10. The van der Waals surface area contributed by atoms with Gasteiger partial charge in [-0.15, -0.1) is 10.2 Å². The Kier molecular flexibility index (Phi) is 5.52. The first-order valence-electron chi connectivity index (χ1n) is 8.39. The second-order valence-electron chi connectivity index (χ2n) is 6.14. The highest BCUT2D eigenvalue weighted by molar-refractivity contribution is 9.10. The Morgan fingerprint density at radius 2 is 2.00 bits per heavy atom. The fourth-order valence-electron chi connectivity index (χ4n) is 2.68. The number of hydrogen-bond donors (Lipinski definition) is 0. The molecule has 1 heterocycles. The molecule has 0 saturated heterocycles. The van der Waals surface area contributed by atoms with Crippen molar-refractivity contribution in [1.29, 1.82) is 0 Å². The second kappa shape index (κ2) is 8.03. The van der Waals surface area contributed by atoms with E-state index in [0.717, 1.165) is 21.2 Å². The third-order valence-electron chi connectivity index (χ3n) is 4.10. The highest BCUT2D eigenvalue weighted by Gasteiger charge is 2.29. The van der Waals surface area contributed by atoms with E-state index in [1.165, 1.54) is 18.4 Å². The van der Waals surface area contributed by atoms with Crippen molar-refractivity contribution >= 4 is 39.3 Å². The summed E-state index contributed by atoms with van der Waals surface area (Å²) in [6, 6.07) is 16.3. The zero-order chi connectivity index (χ0) is 17.9. The summed E-state index contributed by atoms with van der Waals surface area (Å²) in [6.45, 7) is 0.366. The average molecular weight is 451 g/mol. The van der Waals surface area contributed by atoms with Gasteiger partial charge in [-0.3, -0.25) is 4.57 Å². The van der Waals surface area contributed by atoms with Gasteiger partial charge in [-0.2, -0.15) is 0 Å². The van der Waals surface area contributed by atoms with Crippen molar-refractivity contribution in [2.75, 3.05) is 0 Å². The van der Waals surface area contributed by atoms with Crippen LogP contribution in [-0.4, -0.2) is 14.8 Å². The average Bonchev–Trinajstić information content (AvgIpc) is 3.40. The maximum Gasteiger partial charge on any atom is 0.191 e. The SMILES string of the molecule is Clc1ccccc1OCc1nnc(SCc2cccc(Br)c2)n1C1CC1. The smallest absolute Gasteiger partial charge is 0.191 e. The largest absolute Gasteiger partial charge is 0.484 e. The van der Waals surface area contributed by atoms with Crippen LogP contribution in [0.25, 0.3) is 0 Å². The standard InChI is InChI=1S/C19H17BrClN3OS/c20-14-5-3-4-13(10-14)12-26-19-23-22-18(24(19)15-8-9-15)11-25-17-7-2-1-6-16(17)21/h1-7,10,15H,8-9,11-12H2. The van der Waals surface area contributed by atoms with E-state index in [2.05, 4.69) is 48.9 Å². The van der Waals surface area contributed by atoms with Crippen molar-refractivity contribution in [1.82, 2.24) is 14.8 Å². The summed E-state index contributed by atoms with van der Waals surface area (Å²) >= 11 is 11.4. The monoisotopic (exact) mass is 449 g/mol. The van der Waals surface area contributed by atoms with Crippen molar-refractivity contribution in [2.24, 2.45) is 0 Å². The van der Waals surface area contributed by atoms with Gasteiger partial charge in [0.05, 0.1) is 5.02 Å². The van der Waals surface area contributed by atoms with Crippen LogP contribution < -0.4 is 4.74 Å².